The van der Waals surface area contributed by atoms with Crippen LogP contribution < -0.4 is 23.7 Å². The van der Waals surface area contributed by atoms with Crippen LogP contribution in [0, 0.1) is 0 Å². The van der Waals surface area contributed by atoms with Crippen LogP contribution in [0.15, 0.2) is 96.0 Å². The summed E-state index contributed by atoms with van der Waals surface area (Å²) >= 11 is 0. The molecule has 8 nitrogen and oxygen atoms in total. The Morgan fingerprint density at radius 2 is 1.18 bits per heavy atom. The van der Waals surface area contributed by atoms with Crippen LogP contribution in [-0.4, -0.2) is 39.0 Å². The molecule has 198 valence electrons. The third kappa shape index (κ3) is 7.23. The second kappa shape index (κ2) is 12.9. The molecular weight excluding hydrogens is 498 g/mol. The number of benzene rings is 4. The normalized spacial score (nSPS) is 10.6. The molecule has 0 atom stereocenters. The van der Waals surface area contributed by atoms with Gasteiger partial charge in [0.1, 0.15) is 28.7 Å². The SMILES string of the molecule is CCOc1ccc(N=Cc2ccc(OC(=O)c3ccc(OC)cc3)cc2OC(=O)c2ccc(OC)cc2)cc1. The number of ether oxygens (including phenoxy) is 5. The van der Waals surface area contributed by atoms with Crippen LogP contribution in [0.3, 0.4) is 0 Å². The van der Waals surface area contributed by atoms with E-state index < -0.39 is 11.9 Å². The summed E-state index contributed by atoms with van der Waals surface area (Å²) in [7, 11) is 3.09. The highest BCUT2D eigenvalue weighted by Gasteiger charge is 2.15. The average Bonchev–Trinajstić information content (AvgIpc) is 2.97. The zero-order valence-electron chi connectivity index (χ0n) is 21.7. The fourth-order valence-corrected chi connectivity index (χ4v) is 3.49. The Kier molecular flexibility index (Phi) is 8.92. The van der Waals surface area contributed by atoms with Crippen LogP contribution >= 0.6 is 0 Å². The highest BCUT2D eigenvalue weighted by atomic mass is 16.5. The lowest BCUT2D eigenvalue weighted by Crippen LogP contribution is -2.11. The summed E-state index contributed by atoms with van der Waals surface area (Å²) in [4.78, 5) is 30.1. The van der Waals surface area contributed by atoms with Crippen molar-refractivity contribution in [1.82, 2.24) is 0 Å². The molecule has 0 unspecified atom stereocenters. The lowest BCUT2D eigenvalue weighted by atomic mass is 10.2. The summed E-state index contributed by atoms with van der Waals surface area (Å²) in [5.41, 5.74) is 1.86. The predicted molar refractivity (Wildman–Crippen MR) is 147 cm³/mol. The summed E-state index contributed by atoms with van der Waals surface area (Å²) in [6.45, 7) is 2.49. The number of methoxy groups -OCH3 is 2. The number of esters is 2. The minimum absolute atomic E-state index is 0.172. The van der Waals surface area contributed by atoms with Gasteiger partial charge in [0.15, 0.2) is 0 Å². The van der Waals surface area contributed by atoms with Crippen LogP contribution in [0.4, 0.5) is 5.69 Å². The monoisotopic (exact) mass is 525 g/mol. The van der Waals surface area contributed by atoms with E-state index in [0.29, 0.717) is 40.5 Å². The Labute approximate surface area is 226 Å². The fourth-order valence-electron chi connectivity index (χ4n) is 3.49. The molecule has 0 aliphatic heterocycles. The third-order valence-corrected chi connectivity index (χ3v) is 5.55. The van der Waals surface area contributed by atoms with Crippen molar-refractivity contribution in [3.63, 3.8) is 0 Å². The molecule has 39 heavy (non-hydrogen) atoms. The smallest absolute Gasteiger partial charge is 0.343 e. The molecule has 4 rings (SSSR count). The Morgan fingerprint density at radius 3 is 1.72 bits per heavy atom. The molecule has 0 aromatic heterocycles. The molecule has 0 bridgehead atoms. The highest BCUT2D eigenvalue weighted by molar-refractivity contribution is 5.94. The second-order valence-electron chi connectivity index (χ2n) is 8.12. The van der Waals surface area contributed by atoms with E-state index in [-0.39, 0.29) is 11.5 Å². The number of hydrogen-bond donors (Lipinski definition) is 0. The van der Waals surface area contributed by atoms with Gasteiger partial charge < -0.3 is 23.7 Å². The maximum atomic E-state index is 12.9. The van der Waals surface area contributed by atoms with Gasteiger partial charge in [0.2, 0.25) is 0 Å². The lowest BCUT2D eigenvalue weighted by Gasteiger charge is -2.11. The molecule has 0 aliphatic carbocycles. The first-order chi connectivity index (χ1) is 19.0. The van der Waals surface area contributed by atoms with Crippen molar-refractivity contribution >= 4 is 23.8 Å². The largest absolute Gasteiger partial charge is 0.497 e. The zero-order chi connectivity index (χ0) is 27.6. The molecule has 0 saturated carbocycles. The molecule has 0 radical (unpaired) electrons. The summed E-state index contributed by atoms with van der Waals surface area (Å²) in [5.74, 6) is 1.19. The first-order valence-corrected chi connectivity index (χ1v) is 12.1. The van der Waals surface area contributed by atoms with E-state index in [1.807, 2.05) is 31.2 Å². The van der Waals surface area contributed by atoms with Crippen LogP contribution in [0.1, 0.15) is 33.2 Å². The number of hydrogen-bond acceptors (Lipinski definition) is 8. The van der Waals surface area contributed by atoms with E-state index in [1.54, 1.807) is 81.1 Å². The van der Waals surface area contributed by atoms with Gasteiger partial charge in [-0.05, 0) is 91.9 Å². The minimum atomic E-state index is -0.591. The standard InChI is InChI=1S/C31H27NO7/c1-4-37-27-17-10-24(11-18-27)32-20-23-9-16-28(38-30(33)21-5-12-25(35-2)13-6-21)19-29(23)39-31(34)22-7-14-26(36-3)15-8-22/h5-20H,4H2,1-3H3. The molecule has 0 aliphatic rings. The topological polar surface area (TPSA) is 92.7 Å². The van der Waals surface area contributed by atoms with Gasteiger partial charge in [-0.2, -0.15) is 0 Å². The van der Waals surface area contributed by atoms with E-state index >= 15 is 0 Å². The van der Waals surface area contributed by atoms with E-state index in [9.17, 15) is 9.59 Å². The van der Waals surface area contributed by atoms with Gasteiger partial charge in [-0.3, -0.25) is 4.99 Å². The van der Waals surface area contributed by atoms with Crippen molar-refractivity contribution in [3.05, 3.63) is 108 Å². The van der Waals surface area contributed by atoms with Gasteiger partial charge in [-0.1, -0.05) is 0 Å². The van der Waals surface area contributed by atoms with Gasteiger partial charge in [-0.25, -0.2) is 9.59 Å². The lowest BCUT2D eigenvalue weighted by molar-refractivity contribution is 0.0732. The molecule has 0 N–H and O–H groups in total. The van der Waals surface area contributed by atoms with E-state index in [4.69, 9.17) is 23.7 Å². The summed E-state index contributed by atoms with van der Waals surface area (Å²) in [5, 5.41) is 0. The van der Waals surface area contributed by atoms with E-state index in [1.165, 1.54) is 6.07 Å². The minimum Gasteiger partial charge on any atom is -0.497 e. The quantitative estimate of drug-likeness (QED) is 0.136. The van der Waals surface area contributed by atoms with Crippen molar-refractivity contribution in [3.8, 4) is 28.7 Å². The predicted octanol–water partition coefficient (Wildman–Crippen LogP) is 6.29. The first kappa shape index (κ1) is 26.9. The molecule has 4 aromatic rings. The molecular formula is C31H27NO7. The zero-order valence-corrected chi connectivity index (χ0v) is 21.7. The summed E-state index contributed by atoms with van der Waals surface area (Å²) in [6, 6.07) is 25.1. The molecule has 8 heteroatoms. The molecule has 0 heterocycles. The number of rotatable bonds is 10. The highest BCUT2D eigenvalue weighted by Crippen LogP contribution is 2.27. The van der Waals surface area contributed by atoms with Gasteiger partial charge in [0, 0.05) is 17.8 Å². The first-order valence-electron chi connectivity index (χ1n) is 12.1. The van der Waals surface area contributed by atoms with Gasteiger partial charge >= 0.3 is 11.9 Å². The average molecular weight is 526 g/mol. The maximum Gasteiger partial charge on any atom is 0.343 e. The Bertz CT molecular complexity index is 1440. The van der Waals surface area contributed by atoms with Crippen LogP contribution in [0.5, 0.6) is 28.7 Å². The molecule has 4 aromatic carbocycles. The number of aliphatic imine (C=N–C) groups is 1. The number of carbonyl (C=O) groups is 2. The summed E-state index contributed by atoms with van der Waals surface area (Å²) < 4.78 is 27.0. The van der Waals surface area contributed by atoms with Crippen LogP contribution in [0.2, 0.25) is 0 Å². The van der Waals surface area contributed by atoms with Crippen LogP contribution in [-0.2, 0) is 0 Å². The van der Waals surface area contributed by atoms with Gasteiger partial charge in [0.05, 0.1) is 37.6 Å². The fraction of sp³-hybridized carbons (Fsp3) is 0.129. The molecule has 0 saturated heterocycles. The maximum absolute atomic E-state index is 12.9. The van der Waals surface area contributed by atoms with Crippen molar-refractivity contribution in [2.75, 3.05) is 20.8 Å². The third-order valence-electron chi connectivity index (χ3n) is 5.55. The Balaban J connectivity index is 1.59. The Hall–Kier alpha value is -5.11. The van der Waals surface area contributed by atoms with Gasteiger partial charge in [0.25, 0.3) is 0 Å². The van der Waals surface area contributed by atoms with Crippen molar-refractivity contribution in [1.29, 1.82) is 0 Å². The second-order valence-corrected chi connectivity index (χ2v) is 8.12. The van der Waals surface area contributed by atoms with E-state index in [0.717, 1.165) is 5.75 Å². The molecule has 0 spiro atoms. The Morgan fingerprint density at radius 1 is 0.667 bits per heavy atom. The molecule has 0 amide bonds. The van der Waals surface area contributed by atoms with Crippen molar-refractivity contribution in [2.24, 2.45) is 4.99 Å². The summed E-state index contributed by atoms with van der Waals surface area (Å²) in [6.07, 6.45) is 1.57. The van der Waals surface area contributed by atoms with Crippen LogP contribution in [0.25, 0.3) is 0 Å². The number of carbonyl (C=O) groups excluding carboxylic acids is 2. The van der Waals surface area contributed by atoms with E-state index in [2.05, 4.69) is 4.99 Å². The van der Waals surface area contributed by atoms with Crippen molar-refractivity contribution < 1.29 is 33.3 Å². The number of nitrogens with zero attached hydrogens (tertiary/aromatic N) is 1. The molecule has 0 fully saturated rings. The van der Waals surface area contributed by atoms with Gasteiger partial charge in [-0.15, -0.1) is 0 Å². The van der Waals surface area contributed by atoms with Crippen molar-refractivity contribution in [2.45, 2.75) is 6.92 Å².